The van der Waals surface area contributed by atoms with Crippen molar-refractivity contribution in [2.75, 3.05) is 19.3 Å². The molecule has 23 heavy (non-hydrogen) atoms. The van der Waals surface area contributed by atoms with Crippen molar-refractivity contribution in [3.8, 4) is 0 Å². The zero-order valence-corrected chi connectivity index (χ0v) is 16.9. The maximum Gasteiger partial charge on any atom is 0.191 e. The summed E-state index contributed by atoms with van der Waals surface area (Å²) in [6.07, 6.45) is 11.7. The molecule has 1 aliphatic rings. The topological polar surface area (TPSA) is 49.6 Å². The Bertz CT molecular complexity index is 464. The molecule has 130 valence electrons. The summed E-state index contributed by atoms with van der Waals surface area (Å²) < 4.78 is 5.35. The van der Waals surface area contributed by atoms with Crippen molar-refractivity contribution < 1.29 is 4.42 Å². The van der Waals surface area contributed by atoms with E-state index in [4.69, 9.17) is 4.42 Å². The van der Waals surface area contributed by atoms with Crippen molar-refractivity contribution in [1.29, 1.82) is 0 Å². The van der Waals surface area contributed by atoms with Gasteiger partial charge in [0.2, 0.25) is 0 Å². The first-order chi connectivity index (χ1) is 10.8. The summed E-state index contributed by atoms with van der Waals surface area (Å²) in [5.41, 5.74) is 0. The summed E-state index contributed by atoms with van der Waals surface area (Å²) in [5.74, 6) is 1.87. The van der Waals surface area contributed by atoms with Crippen LogP contribution in [0.15, 0.2) is 40.5 Å². The van der Waals surface area contributed by atoms with E-state index in [2.05, 4.69) is 28.5 Å². The Hall–Kier alpha value is -0.630. The lowest BCUT2D eigenvalue weighted by atomic mass is 9.95. The van der Waals surface area contributed by atoms with Crippen molar-refractivity contribution in [1.82, 2.24) is 10.6 Å². The van der Waals surface area contributed by atoms with E-state index >= 15 is 0 Å². The second kappa shape index (κ2) is 11.8. The van der Waals surface area contributed by atoms with Gasteiger partial charge in [0, 0.05) is 30.8 Å². The van der Waals surface area contributed by atoms with Gasteiger partial charge in [-0.15, -0.1) is 30.6 Å². The summed E-state index contributed by atoms with van der Waals surface area (Å²) in [6, 6.07) is 4.42. The number of halogens is 1. The van der Waals surface area contributed by atoms with Gasteiger partial charge in [0.15, 0.2) is 5.96 Å². The average Bonchev–Trinajstić information content (AvgIpc) is 3.06. The Morgan fingerprint density at radius 1 is 1.52 bits per heavy atom. The molecular weight excluding hydrogens is 421 g/mol. The first-order valence-electron chi connectivity index (χ1n) is 8.02. The van der Waals surface area contributed by atoms with Crippen molar-refractivity contribution >= 4 is 41.7 Å². The van der Waals surface area contributed by atoms with E-state index in [1.54, 1.807) is 6.26 Å². The predicted molar refractivity (Wildman–Crippen MR) is 111 cm³/mol. The van der Waals surface area contributed by atoms with E-state index in [9.17, 15) is 0 Å². The lowest BCUT2D eigenvalue weighted by Gasteiger charge is -2.29. The second-order valence-corrected chi connectivity index (χ2v) is 6.73. The van der Waals surface area contributed by atoms with Crippen LogP contribution in [0.4, 0.5) is 0 Å². The van der Waals surface area contributed by atoms with Gasteiger partial charge >= 0.3 is 0 Å². The Balaban J connectivity index is 0.00000264. The molecule has 1 saturated carbocycles. The molecule has 2 atom stereocenters. The molecule has 1 aromatic rings. The van der Waals surface area contributed by atoms with E-state index in [0.29, 0.717) is 6.04 Å². The van der Waals surface area contributed by atoms with Gasteiger partial charge in [-0.3, -0.25) is 4.99 Å². The summed E-state index contributed by atoms with van der Waals surface area (Å²) in [4.78, 5) is 4.66. The van der Waals surface area contributed by atoms with Gasteiger partial charge in [0.05, 0.1) is 6.26 Å². The monoisotopic (exact) mass is 449 g/mol. The minimum atomic E-state index is 0. The number of furan rings is 1. The Morgan fingerprint density at radius 3 is 3.09 bits per heavy atom. The highest BCUT2D eigenvalue weighted by Gasteiger charge is 2.21. The van der Waals surface area contributed by atoms with Gasteiger partial charge in [-0.05, 0) is 37.7 Å². The smallest absolute Gasteiger partial charge is 0.191 e. The number of aliphatic imine (C=N–C) groups is 1. The van der Waals surface area contributed by atoms with Crippen molar-refractivity contribution in [3.05, 3.63) is 36.8 Å². The molecular formula is C17H28IN3OS. The number of nitrogens with one attached hydrogen (secondary N) is 2. The van der Waals surface area contributed by atoms with Crippen LogP contribution >= 0.6 is 35.7 Å². The van der Waals surface area contributed by atoms with Crippen LogP contribution in [-0.4, -0.2) is 36.6 Å². The Morgan fingerprint density at radius 2 is 2.39 bits per heavy atom. The Kier molecular flexibility index (Phi) is 10.5. The minimum absolute atomic E-state index is 0. The third kappa shape index (κ3) is 7.65. The first-order valence-corrected chi connectivity index (χ1v) is 9.31. The lowest BCUT2D eigenvalue weighted by Crippen LogP contribution is -2.45. The molecule has 2 rings (SSSR count). The van der Waals surface area contributed by atoms with Gasteiger partial charge in [0.1, 0.15) is 5.76 Å². The number of rotatable bonds is 7. The maximum absolute atomic E-state index is 5.35. The average molecular weight is 449 g/mol. The first kappa shape index (κ1) is 20.4. The predicted octanol–water partition coefficient (Wildman–Crippen LogP) is 3.84. The highest BCUT2D eigenvalue weighted by atomic mass is 127. The summed E-state index contributed by atoms with van der Waals surface area (Å²) >= 11 is 1.98. The van der Waals surface area contributed by atoms with E-state index in [1.165, 1.54) is 25.7 Å². The molecule has 4 nitrogen and oxygen atoms in total. The SMILES string of the molecule is C=CCNC(=NCCc1ccco1)NC1CCCC(SC)C1.I. The standard InChI is InChI=1S/C17H27N3OS.HI/c1-3-10-18-17(19-11-9-15-7-5-12-21-15)20-14-6-4-8-16(13-14)22-2;/h3,5,7,12,14,16H,1,4,6,8-11,13H2,2H3,(H2,18,19,20);1H. The third-order valence-corrected chi connectivity index (χ3v) is 5.02. The maximum atomic E-state index is 5.35. The molecule has 1 aromatic heterocycles. The molecule has 2 unspecified atom stereocenters. The quantitative estimate of drug-likeness (QED) is 0.288. The van der Waals surface area contributed by atoms with Crippen LogP contribution in [0.5, 0.6) is 0 Å². The van der Waals surface area contributed by atoms with E-state index in [0.717, 1.165) is 36.5 Å². The van der Waals surface area contributed by atoms with Crippen LogP contribution in [0.3, 0.4) is 0 Å². The van der Waals surface area contributed by atoms with Gasteiger partial charge < -0.3 is 15.1 Å². The minimum Gasteiger partial charge on any atom is -0.469 e. The van der Waals surface area contributed by atoms with Crippen LogP contribution in [0, 0.1) is 0 Å². The molecule has 1 aliphatic carbocycles. The molecule has 6 heteroatoms. The fourth-order valence-electron chi connectivity index (χ4n) is 2.74. The normalized spacial score (nSPS) is 21.3. The zero-order chi connectivity index (χ0) is 15.6. The van der Waals surface area contributed by atoms with Crippen molar-refractivity contribution in [2.45, 2.75) is 43.4 Å². The van der Waals surface area contributed by atoms with Gasteiger partial charge in [-0.2, -0.15) is 11.8 Å². The van der Waals surface area contributed by atoms with Crippen LogP contribution in [0.2, 0.25) is 0 Å². The van der Waals surface area contributed by atoms with Crippen LogP contribution in [0.25, 0.3) is 0 Å². The molecule has 0 saturated heterocycles. The molecule has 0 amide bonds. The van der Waals surface area contributed by atoms with Crippen LogP contribution in [-0.2, 0) is 6.42 Å². The van der Waals surface area contributed by atoms with Crippen LogP contribution in [0.1, 0.15) is 31.4 Å². The number of guanidine groups is 1. The Labute approximate surface area is 161 Å². The number of thioether (sulfide) groups is 1. The van der Waals surface area contributed by atoms with E-state index < -0.39 is 0 Å². The van der Waals surface area contributed by atoms with Gasteiger partial charge in [0.25, 0.3) is 0 Å². The van der Waals surface area contributed by atoms with Crippen molar-refractivity contribution in [3.63, 3.8) is 0 Å². The summed E-state index contributed by atoms with van der Waals surface area (Å²) in [6.45, 7) is 5.21. The van der Waals surface area contributed by atoms with E-state index in [1.807, 2.05) is 30.0 Å². The molecule has 0 aromatic carbocycles. The number of hydrogen-bond donors (Lipinski definition) is 2. The number of hydrogen-bond acceptors (Lipinski definition) is 3. The molecule has 0 spiro atoms. The zero-order valence-electron chi connectivity index (χ0n) is 13.8. The summed E-state index contributed by atoms with van der Waals surface area (Å²) in [7, 11) is 0. The molecule has 2 N–H and O–H groups in total. The fraction of sp³-hybridized carbons (Fsp3) is 0.588. The number of nitrogens with zero attached hydrogens (tertiary/aromatic N) is 1. The molecule has 0 radical (unpaired) electrons. The molecule has 0 aliphatic heterocycles. The highest BCUT2D eigenvalue weighted by molar-refractivity contribution is 14.0. The largest absolute Gasteiger partial charge is 0.469 e. The van der Waals surface area contributed by atoms with E-state index in [-0.39, 0.29) is 24.0 Å². The van der Waals surface area contributed by atoms with Crippen LogP contribution < -0.4 is 10.6 Å². The molecule has 1 fully saturated rings. The lowest BCUT2D eigenvalue weighted by molar-refractivity contribution is 0.419. The summed E-state index contributed by atoms with van der Waals surface area (Å²) in [5, 5.41) is 7.67. The third-order valence-electron chi connectivity index (χ3n) is 3.92. The highest BCUT2D eigenvalue weighted by Crippen LogP contribution is 2.26. The second-order valence-electron chi connectivity index (χ2n) is 5.59. The molecule has 1 heterocycles. The van der Waals surface area contributed by atoms with Gasteiger partial charge in [-0.1, -0.05) is 12.5 Å². The van der Waals surface area contributed by atoms with Crippen molar-refractivity contribution in [2.24, 2.45) is 4.99 Å². The fourth-order valence-corrected chi connectivity index (χ4v) is 3.56. The molecule has 0 bridgehead atoms. The van der Waals surface area contributed by atoms with Gasteiger partial charge in [-0.25, -0.2) is 0 Å².